The highest BCUT2D eigenvalue weighted by Crippen LogP contribution is 2.21. The number of nitrogens with one attached hydrogen (secondary N) is 4. The van der Waals surface area contributed by atoms with E-state index in [0.29, 0.717) is 29.5 Å². The van der Waals surface area contributed by atoms with Crippen LogP contribution in [0.5, 0.6) is 0 Å². The number of rotatable bonds is 17. The van der Waals surface area contributed by atoms with Gasteiger partial charge in [0, 0.05) is 49.6 Å². The Morgan fingerprint density at radius 1 is 0.755 bits per heavy atom. The van der Waals surface area contributed by atoms with Crippen molar-refractivity contribution < 1.29 is 23.6 Å². The molecule has 3 atom stereocenters. The summed E-state index contributed by atoms with van der Waals surface area (Å²) in [5, 5.41) is 11.6. The molecular weight excluding hydrogens is 632 g/mol. The molecule has 0 spiro atoms. The molecule has 0 saturated carbocycles. The van der Waals surface area contributed by atoms with Gasteiger partial charge in [-0.1, -0.05) is 30.3 Å². The predicted octanol–water partition coefficient (Wildman–Crippen LogP) is -0.136. The SMILES string of the molecule is CC(=O)N[C@@H](Cc1ccccc1)C(=O)N[C@@H](CCCN=C(N)N)C(=O)N[C@@H](CCCN=C(N)N)C(=O)Nc1ccc2c(C)cc(=O)oc2c1. The number of carbonyl (C=O) groups is 4. The minimum atomic E-state index is -1.13. The molecule has 0 bridgehead atoms. The second-order valence-corrected chi connectivity index (χ2v) is 11.4. The molecule has 3 rings (SSSR count). The zero-order chi connectivity index (χ0) is 35.9. The van der Waals surface area contributed by atoms with Crippen molar-refractivity contribution in [1.29, 1.82) is 0 Å². The Hall–Kier alpha value is -5.93. The molecule has 0 aliphatic rings. The average Bonchev–Trinajstić information content (AvgIpc) is 3.03. The van der Waals surface area contributed by atoms with E-state index in [1.165, 1.54) is 19.1 Å². The second kappa shape index (κ2) is 18.4. The quantitative estimate of drug-likeness (QED) is 0.0406. The van der Waals surface area contributed by atoms with Crippen LogP contribution in [0, 0.1) is 6.92 Å². The van der Waals surface area contributed by atoms with Crippen molar-refractivity contribution in [3.63, 3.8) is 0 Å². The number of fused-ring (bicyclic) bond motifs is 1. The van der Waals surface area contributed by atoms with Crippen LogP contribution in [0.3, 0.4) is 0 Å². The summed E-state index contributed by atoms with van der Waals surface area (Å²) in [5.41, 5.74) is 23.4. The van der Waals surface area contributed by atoms with Crippen LogP contribution < -0.4 is 49.8 Å². The summed E-state index contributed by atoms with van der Waals surface area (Å²) in [5.74, 6) is -2.49. The third-order valence-electron chi connectivity index (χ3n) is 7.35. The van der Waals surface area contributed by atoms with E-state index in [0.717, 1.165) is 5.56 Å². The van der Waals surface area contributed by atoms with E-state index < -0.39 is 47.4 Å². The fourth-order valence-electron chi connectivity index (χ4n) is 5.03. The van der Waals surface area contributed by atoms with Crippen molar-refractivity contribution in [2.75, 3.05) is 18.4 Å². The van der Waals surface area contributed by atoms with Gasteiger partial charge in [0.2, 0.25) is 23.6 Å². The van der Waals surface area contributed by atoms with E-state index in [4.69, 9.17) is 27.4 Å². The molecule has 0 fully saturated rings. The molecule has 12 N–H and O–H groups in total. The molecule has 0 aliphatic heterocycles. The van der Waals surface area contributed by atoms with Crippen LogP contribution in [-0.4, -0.2) is 66.8 Å². The van der Waals surface area contributed by atoms with Gasteiger partial charge in [0.25, 0.3) is 0 Å². The number of hydrogen-bond donors (Lipinski definition) is 8. The molecule has 0 aliphatic carbocycles. The molecule has 4 amide bonds. The Kier molecular flexibility index (Phi) is 14.1. The zero-order valence-corrected chi connectivity index (χ0v) is 27.5. The molecule has 262 valence electrons. The Bertz CT molecular complexity index is 1730. The Morgan fingerprint density at radius 2 is 1.33 bits per heavy atom. The van der Waals surface area contributed by atoms with Gasteiger partial charge in [-0.15, -0.1) is 0 Å². The highest BCUT2D eigenvalue weighted by Gasteiger charge is 2.29. The number of benzene rings is 2. The van der Waals surface area contributed by atoms with Gasteiger partial charge < -0.3 is 48.6 Å². The number of guanidine groups is 2. The summed E-state index contributed by atoms with van der Waals surface area (Å²) in [7, 11) is 0. The van der Waals surface area contributed by atoms with Crippen LogP contribution in [0.15, 0.2) is 73.8 Å². The average molecular weight is 677 g/mol. The van der Waals surface area contributed by atoms with Crippen LogP contribution in [-0.2, 0) is 25.6 Å². The van der Waals surface area contributed by atoms with Crippen LogP contribution >= 0.6 is 0 Å². The molecule has 16 heteroatoms. The fourth-order valence-corrected chi connectivity index (χ4v) is 5.03. The number of nitrogens with zero attached hydrogens (tertiary/aromatic N) is 2. The van der Waals surface area contributed by atoms with Gasteiger partial charge in [-0.05, 0) is 55.9 Å². The van der Waals surface area contributed by atoms with Gasteiger partial charge >= 0.3 is 5.63 Å². The summed E-state index contributed by atoms with van der Waals surface area (Å²) in [6, 6.07) is 12.1. The third-order valence-corrected chi connectivity index (χ3v) is 7.35. The van der Waals surface area contributed by atoms with Crippen LogP contribution in [0.2, 0.25) is 0 Å². The largest absolute Gasteiger partial charge is 0.423 e. The normalized spacial score (nSPS) is 12.5. The van der Waals surface area contributed by atoms with Gasteiger partial charge in [0.15, 0.2) is 11.9 Å². The molecule has 1 heterocycles. The summed E-state index contributed by atoms with van der Waals surface area (Å²) in [6.45, 7) is 3.44. The summed E-state index contributed by atoms with van der Waals surface area (Å²) in [6.07, 6.45) is 1.05. The minimum absolute atomic E-state index is 0.109. The van der Waals surface area contributed by atoms with Crippen LogP contribution in [0.4, 0.5) is 5.69 Å². The van der Waals surface area contributed by atoms with E-state index in [9.17, 15) is 24.0 Å². The molecule has 0 radical (unpaired) electrons. The van der Waals surface area contributed by atoms with Crippen molar-refractivity contribution in [2.45, 2.75) is 64.1 Å². The molecule has 49 heavy (non-hydrogen) atoms. The van der Waals surface area contributed by atoms with Crippen LogP contribution in [0.1, 0.15) is 43.7 Å². The van der Waals surface area contributed by atoms with Crippen LogP contribution in [0.25, 0.3) is 11.0 Å². The summed E-state index contributed by atoms with van der Waals surface area (Å²) >= 11 is 0. The first-order valence-electron chi connectivity index (χ1n) is 15.7. The Labute approximate surface area is 283 Å². The summed E-state index contributed by atoms with van der Waals surface area (Å²) < 4.78 is 5.30. The molecule has 0 saturated heterocycles. The maximum Gasteiger partial charge on any atom is 0.336 e. The van der Waals surface area contributed by atoms with Gasteiger partial charge in [-0.2, -0.15) is 0 Å². The van der Waals surface area contributed by atoms with Crippen molar-refractivity contribution in [1.82, 2.24) is 16.0 Å². The second-order valence-electron chi connectivity index (χ2n) is 11.4. The van der Waals surface area contributed by atoms with Gasteiger partial charge in [-0.3, -0.25) is 29.2 Å². The van der Waals surface area contributed by atoms with Gasteiger partial charge in [-0.25, -0.2) is 4.79 Å². The topological polar surface area (TPSA) is 275 Å². The lowest BCUT2D eigenvalue weighted by atomic mass is 10.0. The van der Waals surface area contributed by atoms with Crippen molar-refractivity contribution in [3.8, 4) is 0 Å². The molecule has 2 aromatic carbocycles. The molecule has 16 nitrogen and oxygen atoms in total. The highest BCUT2D eigenvalue weighted by atomic mass is 16.4. The lowest BCUT2D eigenvalue weighted by Gasteiger charge is -2.25. The minimum Gasteiger partial charge on any atom is -0.423 e. The molecule has 0 unspecified atom stereocenters. The summed E-state index contributed by atoms with van der Waals surface area (Å²) in [4.78, 5) is 72.6. The highest BCUT2D eigenvalue weighted by molar-refractivity contribution is 6.00. The predicted molar refractivity (Wildman–Crippen MR) is 187 cm³/mol. The number of nitrogens with two attached hydrogens (primary N) is 4. The number of carbonyl (C=O) groups excluding carboxylic acids is 4. The number of amides is 4. The van der Waals surface area contributed by atoms with E-state index in [1.807, 2.05) is 30.3 Å². The zero-order valence-electron chi connectivity index (χ0n) is 27.5. The molecule has 1 aromatic heterocycles. The first kappa shape index (κ1) is 37.5. The van der Waals surface area contributed by atoms with Crippen molar-refractivity contribution in [3.05, 3.63) is 76.1 Å². The van der Waals surface area contributed by atoms with E-state index >= 15 is 0 Å². The number of aliphatic imine (C=N–C) groups is 2. The lowest BCUT2D eigenvalue weighted by Crippen LogP contribution is -2.56. The fraction of sp³-hybridized carbons (Fsp3) is 0.364. The van der Waals surface area contributed by atoms with Crippen molar-refractivity contribution >= 4 is 52.2 Å². The maximum atomic E-state index is 13.8. The van der Waals surface area contributed by atoms with E-state index in [1.54, 1.807) is 19.1 Å². The number of anilines is 1. The first-order valence-corrected chi connectivity index (χ1v) is 15.7. The van der Waals surface area contributed by atoms with E-state index in [2.05, 4.69) is 31.3 Å². The van der Waals surface area contributed by atoms with Crippen molar-refractivity contribution in [2.24, 2.45) is 32.9 Å². The van der Waals surface area contributed by atoms with Gasteiger partial charge in [0.05, 0.1) is 0 Å². The monoisotopic (exact) mass is 676 g/mol. The van der Waals surface area contributed by atoms with E-state index in [-0.39, 0.29) is 49.9 Å². The molecular formula is C33H44N10O6. The Balaban J connectivity index is 1.84. The Morgan fingerprint density at radius 3 is 1.90 bits per heavy atom. The maximum absolute atomic E-state index is 13.8. The van der Waals surface area contributed by atoms with Gasteiger partial charge in [0.1, 0.15) is 23.7 Å². The third kappa shape index (κ3) is 12.7. The standard InChI is InChI=1S/C33H44N10O6/c1-19-16-28(45)49-27-18-22(12-13-23(19)27)41-29(46)24(10-6-14-38-32(34)35)42-30(47)25(11-7-15-39-33(36)37)43-31(48)26(40-20(2)44)17-21-8-4-3-5-9-21/h3-5,8-9,12-13,16,18,24-26H,6-7,10-11,14-15,17H2,1-2H3,(H,40,44)(H,41,46)(H,42,47)(H,43,48)(H4,34,35,38)(H4,36,37,39)/t24-,25-,26-/m0/s1. The number of aryl methyl sites for hydroxylation is 1. The first-order chi connectivity index (χ1) is 23.3. The lowest BCUT2D eigenvalue weighted by molar-refractivity contribution is -0.133. The smallest absolute Gasteiger partial charge is 0.336 e. The molecule has 3 aromatic rings. The number of hydrogen-bond acceptors (Lipinski definition) is 8.